The van der Waals surface area contributed by atoms with Crippen molar-refractivity contribution in [2.45, 2.75) is 44.1 Å². The van der Waals surface area contributed by atoms with Crippen LogP contribution >= 0.6 is 23.1 Å². The van der Waals surface area contributed by atoms with Crippen molar-refractivity contribution in [1.29, 1.82) is 0 Å². The summed E-state index contributed by atoms with van der Waals surface area (Å²) in [5.74, 6) is 1.81. The Labute approximate surface area is 135 Å². The minimum atomic E-state index is 0.0159. The molecule has 0 aliphatic rings. The molecule has 0 unspecified atom stereocenters. The van der Waals surface area contributed by atoms with Crippen LogP contribution in [-0.4, -0.2) is 19.7 Å². The lowest BCUT2D eigenvalue weighted by molar-refractivity contribution is 0.384. The fraction of sp³-hybridized carbons (Fsp3) is 0.429. The molecule has 0 saturated carbocycles. The van der Waals surface area contributed by atoms with Crippen LogP contribution < -0.4 is 5.56 Å². The van der Waals surface area contributed by atoms with Crippen LogP contribution in [0.5, 0.6) is 0 Å². The Kier molecular flexibility index (Phi) is 4.58. The number of thioether (sulfide) groups is 1. The Bertz CT molecular complexity index is 837. The number of rotatable bonds is 6. The van der Waals surface area contributed by atoms with Crippen molar-refractivity contribution in [3.63, 3.8) is 0 Å². The molecule has 22 heavy (non-hydrogen) atoms. The SMILES string of the molecule is CCCc1noc(CSc2nc3ccsc3c(=O)n2CC)n1. The van der Waals surface area contributed by atoms with Crippen LogP contribution in [0.1, 0.15) is 32.0 Å². The zero-order valence-corrected chi connectivity index (χ0v) is 14.0. The molecule has 0 N–H and O–H groups in total. The predicted molar refractivity (Wildman–Crippen MR) is 87.4 cm³/mol. The fourth-order valence-corrected chi connectivity index (χ4v) is 3.79. The molecule has 0 aliphatic heterocycles. The molecule has 3 rings (SSSR count). The highest BCUT2D eigenvalue weighted by Crippen LogP contribution is 2.23. The molecule has 0 radical (unpaired) electrons. The van der Waals surface area contributed by atoms with Gasteiger partial charge in [0.15, 0.2) is 11.0 Å². The van der Waals surface area contributed by atoms with E-state index in [4.69, 9.17) is 4.52 Å². The van der Waals surface area contributed by atoms with Crippen molar-refractivity contribution in [2.24, 2.45) is 0 Å². The van der Waals surface area contributed by atoms with E-state index >= 15 is 0 Å². The van der Waals surface area contributed by atoms with Crippen LogP contribution in [0.25, 0.3) is 10.2 Å². The molecule has 3 heterocycles. The molecular formula is C14H16N4O2S2. The van der Waals surface area contributed by atoms with Crippen LogP contribution in [0.2, 0.25) is 0 Å². The lowest BCUT2D eigenvalue weighted by atomic mass is 10.3. The van der Waals surface area contributed by atoms with Crippen molar-refractivity contribution in [3.05, 3.63) is 33.5 Å². The summed E-state index contributed by atoms with van der Waals surface area (Å²) in [5, 5.41) is 6.51. The number of aromatic nitrogens is 4. The molecule has 0 aromatic carbocycles. The first-order valence-electron chi connectivity index (χ1n) is 7.15. The smallest absolute Gasteiger partial charge is 0.272 e. The maximum Gasteiger partial charge on any atom is 0.272 e. The number of hydrogen-bond donors (Lipinski definition) is 0. The Balaban J connectivity index is 1.84. The summed E-state index contributed by atoms with van der Waals surface area (Å²) < 4.78 is 7.61. The molecular weight excluding hydrogens is 320 g/mol. The van der Waals surface area contributed by atoms with E-state index in [1.54, 1.807) is 4.57 Å². The van der Waals surface area contributed by atoms with Crippen molar-refractivity contribution in [2.75, 3.05) is 0 Å². The third-order valence-corrected chi connectivity index (χ3v) is 5.01. The molecule has 6 nitrogen and oxygen atoms in total. The van der Waals surface area contributed by atoms with E-state index in [-0.39, 0.29) is 5.56 Å². The van der Waals surface area contributed by atoms with Gasteiger partial charge in [-0.25, -0.2) is 4.98 Å². The third kappa shape index (κ3) is 2.93. The van der Waals surface area contributed by atoms with Crippen LogP contribution in [-0.2, 0) is 18.7 Å². The summed E-state index contributed by atoms with van der Waals surface area (Å²) in [4.78, 5) is 21.3. The first kappa shape index (κ1) is 15.2. The summed E-state index contributed by atoms with van der Waals surface area (Å²) in [6, 6.07) is 1.87. The number of hydrogen-bond acceptors (Lipinski definition) is 7. The second-order valence-corrected chi connectivity index (χ2v) is 6.58. The molecule has 0 spiro atoms. The van der Waals surface area contributed by atoms with Crippen molar-refractivity contribution in [3.8, 4) is 0 Å². The topological polar surface area (TPSA) is 73.8 Å². The van der Waals surface area contributed by atoms with Crippen LogP contribution in [0.15, 0.2) is 25.9 Å². The average Bonchev–Trinajstić information content (AvgIpc) is 3.15. The molecule has 0 amide bonds. The fourth-order valence-electron chi connectivity index (χ4n) is 2.11. The molecule has 3 aromatic rings. The van der Waals surface area contributed by atoms with E-state index in [0.29, 0.717) is 28.0 Å². The van der Waals surface area contributed by atoms with Gasteiger partial charge in [-0.2, -0.15) is 4.98 Å². The summed E-state index contributed by atoms with van der Waals surface area (Å²) in [6.45, 7) is 4.61. The average molecular weight is 336 g/mol. The minimum Gasteiger partial charge on any atom is -0.338 e. The van der Waals surface area contributed by atoms with Gasteiger partial charge in [0.1, 0.15) is 4.70 Å². The number of fused-ring (bicyclic) bond motifs is 1. The van der Waals surface area contributed by atoms with Crippen molar-refractivity contribution in [1.82, 2.24) is 19.7 Å². The van der Waals surface area contributed by atoms with Gasteiger partial charge in [0.25, 0.3) is 5.56 Å². The van der Waals surface area contributed by atoms with Crippen LogP contribution in [0.4, 0.5) is 0 Å². The maximum atomic E-state index is 12.4. The van der Waals surface area contributed by atoms with Gasteiger partial charge in [-0.1, -0.05) is 23.8 Å². The summed E-state index contributed by atoms with van der Waals surface area (Å²) in [6.07, 6.45) is 1.80. The Morgan fingerprint density at radius 1 is 1.36 bits per heavy atom. The van der Waals surface area contributed by atoms with Gasteiger partial charge in [-0.15, -0.1) is 11.3 Å². The molecule has 8 heteroatoms. The van der Waals surface area contributed by atoms with Gasteiger partial charge in [-0.05, 0) is 24.8 Å². The zero-order valence-electron chi connectivity index (χ0n) is 12.4. The highest BCUT2D eigenvalue weighted by Gasteiger charge is 2.13. The molecule has 116 valence electrons. The summed E-state index contributed by atoms with van der Waals surface area (Å²) in [7, 11) is 0. The summed E-state index contributed by atoms with van der Waals surface area (Å²) in [5.41, 5.74) is 0.765. The second-order valence-electron chi connectivity index (χ2n) is 4.72. The van der Waals surface area contributed by atoms with Gasteiger partial charge in [0.2, 0.25) is 5.89 Å². The van der Waals surface area contributed by atoms with Crippen molar-refractivity contribution >= 4 is 33.3 Å². The standard InChI is InChI=1S/C14H16N4O2S2/c1-3-5-10-16-11(20-17-10)8-22-14-15-9-6-7-21-12(9)13(19)18(14)4-2/h6-7H,3-5,8H2,1-2H3. The van der Waals surface area contributed by atoms with Crippen LogP contribution in [0, 0.1) is 0 Å². The number of aryl methyl sites for hydroxylation is 1. The Morgan fingerprint density at radius 3 is 3.00 bits per heavy atom. The largest absolute Gasteiger partial charge is 0.338 e. The lowest BCUT2D eigenvalue weighted by Gasteiger charge is -2.08. The van der Waals surface area contributed by atoms with E-state index < -0.39 is 0 Å². The predicted octanol–water partition coefficient (Wildman–Crippen LogP) is 3.11. The van der Waals surface area contributed by atoms with E-state index in [9.17, 15) is 4.79 Å². The van der Waals surface area contributed by atoms with E-state index in [2.05, 4.69) is 22.0 Å². The second kappa shape index (κ2) is 6.62. The maximum absolute atomic E-state index is 12.4. The van der Waals surface area contributed by atoms with Gasteiger partial charge in [0.05, 0.1) is 11.3 Å². The minimum absolute atomic E-state index is 0.0159. The third-order valence-electron chi connectivity index (χ3n) is 3.16. The highest BCUT2D eigenvalue weighted by atomic mass is 32.2. The normalized spacial score (nSPS) is 11.4. The summed E-state index contributed by atoms with van der Waals surface area (Å²) >= 11 is 2.88. The van der Waals surface area contributed by atoms with Gasteiger partial charge in [-0.3, -0.25) is 9.36 Å². The molecule has 0 bridgehead atoms. The molecule has 0 atom stereocenters. The lowest BCUT2D eigenvalue weighted by Crippen LogP contribution is -2.21. The van der Waals surface area contributed by atoms with Gasteiger partial charge < -0.3 is 4.52 Å². The molecule has 0 fully saturated rings. The first-order chi connectivity index (χ1) is 10.7. The van der Waals surface area contributed by atoms with Crippen molar-refractivity contribution < 1.29 is 4.52 Å². The Hall–Kier alpha value is -1.67. The van der Waals surface area contributed by atoms with Gasteiger partial charge >= 0.3 is 0 Å². The van der Waals surface area contributed by atoms with Gasteiger partial charge in [0, 0.05) is 13.0 Å². The zero-order chi connectivity index (χ0) is 15.5. The molecule has 0 saturated heterocycles. The quantitative estimate of drug-likeness (QED) is 0.509. The number of nitrogens with zero attached hydrogens (tertiary/aromatic N) is 4. The molecule has 3 aromatic heterocycles. The highest BCUT2D eigenvalue weighted by molar-refractivity contribution is 7.98. The van der Waals surface area contributed by atoms with E-state index in [1.165, 1.54) is 23.1 Å². The number of thiophene rings is 1. The van der Waals surface area contributed by atoms with Crippen LogP contribution in [0.3, 0.4) is 0 Å². The molecule has 0 aliphatic carbocycles. The first-order valence-corrected chi connectivity index (χ1v) is 9.01. The van der Waals surface area contributed by atoms with E-state index in [1.807, 2.05) is 18.4 Å². The monoisotopic (exact) mass is 336 g/mol. The Morgan fingerprint density at radius 2 is 2.23 bits per heavy atom. The van der Waals surface area contributed by atoms with E-state index in [0.717, 1.165) is 24.2 Å².